The van der Waals surface area contributed by atoms with E-state index in [0.717, 1.165) is 11.1 Å². The van der Waals surface area contributed by atoms with Gasteiger partial charge in [0.15, 0.2) is 0 Å². The highest BCUT2D eigenvalue weighted by Crippen LogP contribution is 2.35. The summed E-state index contributed by atoms with van der Waals surface area (Å²) in [6.07, 6.45) is 1.64. The van der Waals surface area contributed by atoms with Crippen LogP contribution in [0.25, 0.3) is 10.8 Å². The van der Waals surface area contributed by atoms with Gasteiger partial charge in [0.2, 0.25) is 0 Å². The van der Waals surface area contributed by atoms with E-state index in [2.05, 4.69) is 21.7 Å². The van der Waals surface area contributed by atoms with Crippen molar-refractivity contribution in [1.29, 1.82) is 5.26 Å². The average molecular weight is 639 g/mol. The van der Waals surface area contributed by atoms with Crippen molar-refractivity contribution in [2.75, 3.05) is 44.0 Å². The van der Waals surface area contributed by atoms with Crippen LogP contribution in [-0.2, 0) is 13.1 Å². The van der Waals surface area contributed by atoms with Crippen LogP contribution in [0.1, 0.15) is 16.7 Å². The van der Waals surface area contributed by atoms with Gasteiger partial charge in [-0.3, -0.25) is 5.32 Å². The SMILES string of the molecule is COc1ccc(CN(Cc2ccc(OC)cc2OC)c2nc(Cl)cc3cc(NC(=O)Nc4ccccc4C#N)ncc23)c(OC)c1. The van der Waals surface area contributed by atoms with Gasteiger partial charge < -0.3 is 29.2 Å². The molecule has 0 saturated carbocycles. The van der Waals surface area contributed by atoms with E-state index >= 15 is 0 Å². The third kappa shape index (κ3) is 7.14. The molecule has 2 aromatic heterocycles. The Morgan fingerprint density at radius 3 is 2.07 bits per heavy atom. The number of nitriles is 1. The first-order valence-corrected chi connectivity index (χ1v) is 14.4. The van der Waals surface area contributed by atoms with Crippen molar-refractivity contribution in [2.24, 2.45) is 0 Å². The maximum absolute atomic E-state index is 12.8. The zero-order valence-corrected chi connectivity index (χ0v) is 26.4. The molecule has 2 N–H and O–H groups in total. The molecule has 0 saturated heterocycles. The fraction of sp³-hybridized carbons (Fsp3) is 0.176. The van der Waals surface area contributed by atoms with Crippen LogP contribution in [-0.4, -0.2) is 44.4 Å². The third-order valence-corrected chi connectivity index (χ3v) is 7.41. The van der Waals surface area contributed by atoms with E-state index in [0.29, 0.717) is 63.9 Å². The highest BCUT2D eigenvalue weighted by molar-refractivity contribution is 6.30. The summed E-state index contributed by atoms with van der Waals surface area (Å²) in [6, 6.07) is 22.9. The van der Waals surface area contributed by atoms with Gasteiger partial charge in [-0.25, -0.2) is 14.8 Å². The second-order valence-electron chi connectivity index (χ2n) is 10.0. The minimum Gasteiger partial charge on any atom is -0.497 e. The number of urea groups is 1. The standard InChI is InChI=1S/C34H31ClN6O5/c1-43-25-11-9-22(29(15-25)45-3)19-41(20-23-10-12-26(44-2)16-30(23)46-4)33-27-18-37-32(14-24(27)13-31(35)39-33)40-34(42)38-28-8-6-5-7-21(28)17-36/h5-16,18H,19-20H2,1-4H3,(H2,37,38,40,42). The second kappa shape index (κ2) is 14.4. The van der Waals surface area contributed by atoms with Crippen molar-refractivity contribution in [3.8, 4) is 29.1 Å². The smallest absolute Gasteiger partial charge is 0.324 e. The molecule has 46 heavy (non-hydrogen) atoms. The number of hydrogen-bond acceptors (Lipinski definition) is 9. The van der Waals surface area contributed by atoms with E-state index in [1.165, 1.54) is 0 Å². The maximum atomic E-state index is 12.8. The summed E-state index contributed by atoms with van der Waals surface area (Å²) < 4.78 is 22.2. The first kappa shape index (κ1) is 31.7. The van der Waals surface area contributed by atoms with Gasteiger partial charge in [-0.2, -0.15) is 5.26 Å². The summed E-state index contributed by atoms with van der Waals surface area (Å²) in [5.41, 5.74) is 2.49. The van der Waals surface area contributed by atoms with Gasteiger partial charge in [0.25, 0.3) is 0 Å². The molecule has 5 aromatic rings. The number of rotatable bonds is 11. The van der Waals surface area contributed by atoms with Crippen LogP contribution in [0.2, 0.25) is 5.15 Å². The van der Waals surface area contributed by atoms with Crippen LogP contribution < -0.4 is 34.5 Å². The van der Waals surface area contributed by atoms with Crippen molar-refractivity contribution in [3.05, 3.63) is 101 Å². The molecule has 0 fully saturated rings. The van der Waals surface area contributed by atoms with Crippen molar-refractivity contribution in [1.82, 2.24) is 9.97 Å². The Morgan fingerprint density at radius 1 is 0.848 bits per heavy atom. The van der Waals surface area contributed by atoms with Crippen molar-refractivity contribution in [3.63, 3.8) is 0 Å². The number of halogens is 1. The monoisotopic (exact) mass is 638 g/mol. The van der Waals surface area contributed by atoms with Crippen LogP contribution >= 0.6 is 11.6 Å². The molecule has 11 nitrogen and oxygen atoms in total. The molecule has 0 aliphatic carbocycles. The van der Waals surface area contributed by atoms with E-state index in [1.54, 1.807) is 71.0 Å². The fourth-order valence-corrected chi connectivity index (χ4v) is 5.15. The predicted octanol–water partition coefficient (Wildman–Crippen LogP) is 7.04. The molecule has 0 aliphatic rings. The van der Waals surface area contributed by atoms with Crippen LogP contribution in [0.3, 0.4) is 0 Å². The molecule has 0 radical (unpaired) electrons. The topological polar surface area (TPSA) is 131 Å². The first-order valence-electron chi connectivity index (χ1n) is 14.1. The van der Waals surface area contributed by atoms with Crippen molar-refractivity contribution < 1.29 is 23.7 Å². The maximum Gasteiger partial charge on any atom is 0.324 e. The predicted molar refractivity (Wildman–Crippen MR) is 177 cm³/mol. The quantitative estimate of drug-likeness (QED) is 0.146. The highest BCUT2D eigenvalue weighted by atomic mass is 35.5. The fourth-order valence-electron chi connectivity index (χ4n) is 4.95. The van der Waals surface area contributed by atoms with Gasteiger partial charge in [-0.15, -0.1) is 0 Å². The van der Waals surface area contributed by atoms with Crippen LogP contribution in [0.4, 0.5) is 22.1 Å². The Hall–Kier alpha value is -5.73. The zero-order chi connectivity index (χ0) is 32.6. The minimum absolute atomic E-state index is 0.250. The van der Waals surface area contributed by atoms with E-state index in [9.17, 15) is 10.1 Å². The number of aromatic nitrogens is 2. The number of pyridine rings is 2. The normalized spacial score (nSPS) is 10.5. The summed E-state index contributed by atoms with van der Waals surface area (Å²) >= 11 is 6.60. The Morgan fingerprint density at radius 2 is 1.48 bits per heavy atom. The number of anilines is 3. The number of nitrogens with zero attached hydrogens (tertiary/aromatic N) is 4. The van der Waals surface area contributed by atoms with E-state index in [-0.39, 0.29) is 11.0 Å². The lowest BCUT2D eigenvalue weighted by atomic mass is 10.1. The summed E-state index contributed by atoms with van der Waals surface area (Å²) in [4.78, 5) is 24.1. The van der Waals surface area contributed by atoms with E-state index in [4.69, 9.17) is 35.5 Å². The molecule has 0 spiro atoms. The number of carbonyl (C=O) groups excluding carboxylic acids is 1. The lowest BCUT2D eigenvalue weighted by Crippen LogP contribution is -2.24. The van der Waals surface area contributed by atoms with Gasteiger partial charge in [0, 0.05) is 47.9 Å². The Kier molecular flexibility index (Phi) is 9.90. The van der Waals surface area contributed by atoms with Crippen molar-refractivity contribution >= 4 is 45.7 Å². The molecular weight excluding hydrogens is 608 g/mol. The summed E-state index contributed by atoms with van der Waals surface area (Å²) in [6.45, 7) is 0.761. The molecule has 0 unspecified atom stereocenters. The number of carbonyl (C=O) groups is 1. The molecule has 0 aliphatic heterocycles. The molecule has 5 rings (SSSR count). The molecule has 2 amide bonds. The van der Waals surface area contributed by atoms with Crippen LogP contribution in [0.15, 0.2) is 79.0 Å². The Labute approximate surface area is 271 Å². The number of para-hydroxylation sites is 1. The summed E-state index contributed by atoms with van der Waals surface area (Å²) in [5, 5.41) is 16.4. The number of nitrogens with one attached hydrogen (secondary N) is 2. The number of fused-ring (bicyclic) bond motifs is 1. The Balaban J connectivity index is 1.53. The second-order valence-corrected chi connectivity index (χ2v) is 10.4. The van der Waals surface area contributed by atoms with E-state index < -0.39 is 6.03 Å². The number of benzene rings is 3. The molecule has 0 atom stereocenters. The summed E-state index contributed by atoms with van der Waals surface area (Å²) in [7, 11) is 6.42. The number of methoxy groups -OCH3 is 4. The number of ether oxygens (including phenoxy) is 4. The lowest BCUT2D eigenvalue weighted by molar-refractivity contribution is 0.262. The molecular formula is C34H31ClN6O5. The lowest BCUT2D eigenvalue weighted by Gasteiger charge is -2.27. The van der Waals surface area contributed by atoms with Crippen LogP contribution in [0.5, 0.6) is 23.0 Å². The summed E-state index contributed by atoms with van der Waals surface area (Å²) in [5.74, 6) is 3.47. The molecule has 3 aromatic carbocycles. The van der Waals surface area contributed by atoms with Gasteiger partial charge in [-0.05, 0) is 53.9 Å². The van der Waals surface area contributed by atoms with Crippen molar-refractivity contribution in [2.45, 2.75) is 13.1 Å². The number of amides is 2. The molecule has 0 bridgehead atoms. The zero-order valence-electron chi connectivity index (χ0n) is 25.6. The van der Waals surface area contributed by atoms with Crippen LogP contribution in [0, 0.1) is 11.3 Å². The largest absolute Gasteiger partial charge is 0.497 e. The third-order valence-electron chi connectivity index (χ3n) is 7.21. The van der Waals surface area contributed by atoms with Gasteiger partial charge >= 0.3 is 6.03 Å². The first-order chi connectivity index (χ1) is 22.3. The average Bonchev–Trinajstić information content (AvgIpc) is 3.07. The van der Waals surface area contributed by atoms with Gasteiger partial charge in [-0.1, -0.05) is 23.7 Å². The highest BCUT2D eigenvalue weighted by Gasteiger charge is 2.20. The Bertz CT molecular complexity index is 1870. The minimum atomic E-state index is -0.547. The molecule has 234 valence electrons. The number of hydrogen-bond donors (Lipinski definition) is 2. The van der Waals surface area contributed by atoms with Gasteiger partial charge in [0.05, 0.1) is 39.7 Å². The van der Waals surface area contributed by atoms with Gasteiger partial charge in [0.1, 0.15) is 45.9 Å². The molecule has 12 heteroatoms. The van der Waals surface area contributed by atoms with E-state index in [1.807, 2.05) is 41.3 Å². The molecule has 2 heterocycles.